The number of nitrogens with two attached hydrogens (primary N) is 1. The fourth-order valence-corrected chi connectivity index (χ4v) is 1.90. The molecule has 0 aromatic heterocycles. The number of para-hydroxylation sites is 1. The number of nitrogens with one attached hydrogen (secondary N) is 1. The van der Waals surface area contributed by atoms with Gasteiger partial charge in [-0.3, -0.25) is 4.79 Å². The minimum absolute atomic E-state index is 0.0178. The SMILES string of the molecule is CC(N)CNC(=O)C1COc2ccccc2C1. The Kier molecular flexibility index (Phi) is 3.64. The van der Waals surface area contributed by atoms with Gasteiger partial charge in [-0.05, 0) is 25.0 Å². The Bertz CT molecular complexity index is 404. The third-order valence-electron chi connectivity index (χ3n) is 2.85. The van der Waals surface area contributed by atoms with Crippen molar-refractivity contribution in [1.29, 1.82) is 0 Å². The summed E-state index contributed by atoms with van der Waals surface area (Å²) in [6.07, 6.45) is 0.737. The molecule has 0 saturated carbocycles. The first-order valence-corrected chi connectivity index (χ1v) is 5.91. The molecular formula is C13H18N2O2. The summed E-state index contributed by atoms with van der Waals surface area (Å²) in [5.74, 6) is 0.809. The number of benzene rings is 1. The Balaban J connectivity index is 1.95. The van der Waals surface area contributed by atoms with Crippen molar-refractivity contribution in [1.82, 2.24) is 5.32 Å². The van der Waals surface area contributed by atoms with Crippen molar-refractivity contribution in [3.8, 4) is 5.75 Å². The molecule has 2 rings (SSSR count). The van der Waals surface area contributed by atoms with E-state index < -0.39 is 0 Å². The lowest BCUT2D eigenvalue weighted by Gasteiger charge is -2.24. The second-order valence-electron chi connectivity index (χ2n) is 4.54. The first kappa shape index (κ1) is 11.9. The van der Waals surface area contributed by atoms with Crippen LogP contribution in [0.5, 0.6) is 5.75 Å². The lowest BCUT2D eigenvalue weighted by Crippen LogP contribution is -2.41. The Morgan fingerprint density at radius 1 is 1.59 bits per heavy atom. The molecule has 1 aliphatic heterocycles. The van der Waals surface area contributed by atoms with Crippen molar-refractivity contribution in [3.63, 3.8) is 0 Å². The number of amides is 1. The van der Waals surface area contributed by atoms with E-state index in [1.54, 1.807) is 0 Å². The second-order valence-corrected chi connectivity index (χ2v) is 4.54. The van der Waals surface area contributed by atoms with E-state index in [4.69, 9.17) is 10.5 Å². The minimum Gasteiger partial charge on any atom is -0.492 e. The molecule has 2 atom stereocenters. The summed E-state index contributed by atoms with van der Waals surface area (Å²) in [6.45, 7) is 2.83. The van der Waals surface area contributed by atoms with Crippen molar-refractivity contribution in [2.75, 3.05) is 13.2 Å². The number of carbonyl (C=O) groups excluding carboxylic acids is 1. The largest absolute Gasteiger partial charge is 0.492 e. The molecule has 0 radical (unpaired) electrons. The van der Waals surface area contributed by atoms with Gasteiger partial charge in [0.15, 0.2) is 0 Å². The third kappa shape index (κ3) is 2.97. The van der Waals surface area contributed by atoms with Crippen molar-refractivity contribution >= 4 is 5.91 Å². The zero-order valence-corrected chi connectivity index (χ0v) is 9.98. The summed E-state index contributed by atoms with van der Waals surface area (Å²) >= 11 is 0. The van der Waals surface area contributed by atoms with Crippen LogP contribution < -0.4 is 15.8 Å². The van der Waals surface area contributed by atoms with E-state index in [2.05, 4.69) is 5.32 Å². The van der Waals surface area contributed by atoms with Gasteiger partial charge in [0.1, 0.15) is 12.4 Å². The van der Waals surface area contributed by atoms with E-state index in [1.807, 2.05) is 31.2 Å². The molecule has 0 bridgehead atoms. The van der Waals surface area contributed by atoms with Crippen LogP contribution in [0.15, 0.2) is 24.3 Å². The summed E-state index contributed by atoms with van der Waals surface area (Å²) in [5.41, 5.74) is 6.70. The van der Waals surface area contributed by atoms with Gasteiger partial charge in [0, 0.05) is 12.6 Å². The van der Waals surface area contributed by atoms with E-state index in [9.17, 15) is 4.79 Å². The fourth-order valence-electron chi connectivity index (χ4n) is 1.90. The van der Waals surface area contributed by atoms with Crippen LogP contribution in [0.1, 0.15) is 12.5 Å². The van der Waals surface area contributed by atoms with Crippen LogP contribution in [0.4, 0.5) is 0 Å². The number of fused-ring (bicyclic) bond motifs is 1. The highest BCUT2D eigenvalue weighted by Crippen LogP contribution is 2.26. The van der Waals surface area contributed by atoms with Crippen LogP contribution in [0.2, 0.25) is 0 Å². The fraction of sp³-hybridized carbons (Fsp3) is 0.462. The smallest absolute Gasteiger partial charge is 0.226 e. The molecule has 92 valence electrons. The van der Waals surface area contributed by atoms with Crippen molar-refractivity contribution in [2.45, 2.75) is 19.4 Å². The molecule has 17 heavy (non-hydrogen) atoms. The zero-order chi connectivity index (χ0) is 12.3. The second kappa shape index (κ2) is 5.19. The Morgan fingerprint density at radius 2 is 2.35 bits per heavy atom. The number of ether oxygens (including phenoxy) is 1. The van der Waals surface area contributed by atoms with E-state index in [1.165, 1.54) is 0 Å². The highest BCUT2D eigenvalue weighted by molar-refractivity contribution is 5.79. The normalized spacial score (nSPS) is 20.0. The number of hydrogen-bond donors (Lipinski definition) is 2. The Morgan fingerprint density at radius 3 is 3.12 bits per heavy atom. The lowest BCUT2D eigenvalue weighted by atomic mass is 9.96. The standard InChI is InChI=1S/C13H18N2O2/c1-9(14)7-15-13(16)11-6-10-4-2-3-5-12(10)17-8-11/h2-5,9,11H,6-8,14H2,1H3,(H,15,16). The molecule has 0 fully saturated rings. The topological polar surface area (TPSA) is 64.3 Å². The van der Waals surface area contributed by atoms with Gasteiger partial charge in [-0.1, -0.05) is 18.2 Å². The average Bonchev–Trinajstić information content (AvgIpc) is 2.35. The van der Waals surface area contributed by atoms with E-state index in [-0.39, 0.29) is 17.9 Å². The Labute approximate surface area is 101 Å². The van der Waals surface area contributed by atoms with Gasteiger partial charge in [-0.2, -0.15) is 0 Å². The molecular weight excluding hydrogens is 216 g/mol. The highest BCUT2D eigenvalue weighted by atomic mass is 16.5. The summed E-state index contributed by atoms with van der Waals surface area (Å²) in [7, 11) is 0. The summed E-state index contributed by atoms with van der Waals surface area (Å²) in [5, 5.41) is 2.84. The molecule has 1 aliphatic rings. The van der Waals surface area contributed by atoms with Crippen LogP contribution in [0.3, 0.4) is 0 Å². The molecule has 4 heteroatoms. The van der Waals surface area contributed by atoms with E-state index in [0.717, 1.165) is 17.7 Å². The molecule has 0 aliphatic carbocycles. The van der Waals surface area contributed by atoms with Crippen molar-refractivity contribution in [3.05, 3.63) is 29.8 Å². The van der Waals surface area contributed by atoms with Crippen LogP contribution in [-0.2, 0) is 11.2 Å². The van der Waals surface area contributed by atoms with Gasteiger partial charge in [0.2, 0.25) is 5.91 Å². The van der Waals surface area contributed by atoms with Gasteiger partial charge in [0.05, 0.1) is 5.92 Å². The van der Waals surface area contributed by atoms with Gasteiger partial charge in [0.25, 0.3) is 0 Å². The average molecular weight is 234 g/mol. The molecule has 4 nitrogen and oxygen atoms in total. The predicted octanol–water partition coefficient (Wildman–Crippen LogP) is 0.701. The third-order valence-corrected chi connectivity index (χ3v) is 2.85. The molecule has 3 N–H and O–H groups in total. The first-order valence-electron chi connectivity index (χ1n) is 5.91. The molecule has 1 aromatic rings. The molecule has 0 saturated heterocycles. The molecule has 1 aromatic carbocycles. The van der Waals surface area contributed by atoms with Crippen LogP contribution in [0.25, 0.3) is 0 Å². The Hall–Kier alpha value is -1.55. The quantitative estimate of drug-likeness (QED) is 0.809. The van der Waals surface area contributed by atoms with E-state index >= 15 is 0 Å². The van der Waals surface area contributed by atoms with Crippen LogP contribution >= 0.6 is 0 Å². The number of hydrogen-bond acceptors (Lipinski definition) is 3. The number of carbonyl (C=O) groups is 1. The van der Waals surface area contributed by atoms with E-state index in [0.29, 0.717) is 13.2 Å². The lowest BCUT2D eigenvalue weighted by molar-refractivity contribution is -0.126. The van der Waals surface area contributed by atoms with Crippen LogP contribution in [0, 0.1) is 5.92 Å². The monoisotopic (exact) mass is 234 g/mol. The number of rotatable bonds is 3. The maximum atomic E-state index is 11.9. The van der Waals surface area contributed by atoms with Gasteiger partial charge >= 0.3 is 0 Å². The molecule has 0 spiro atoms. The molecule has 1 amide bonds. The maximum Gasteiger partial charge on any atom is 0.226 e. The van der Waals surface area contributed by atoms with Gasteiger partial charge < -0.3 is 15.8 Å². The van der Waals surface area contributed by atoms with Crippen molar-refractivity contribution in [2.24, 2.45) is 11.7 Å². The summed E-state index contributed by atoms with van der Waals surface area (Å²) in [4.78, 5) is 11.9. The minimum atomic E-state index is -0.108. The predicted molar refractivity (Wildman–Crippen MR) is 65.8 cm³/mol. The van der Waals surface area contributed by atoms with Crippen molar-refractivity contribution < 1.29 is 9.53 Å². The zero-order valence-electron chi connectivity index (χ0n) is 9.98. The first-order chi connectivity index (χ1) is 8.16. The van der Waals surface area contributed by atoms with Gasteiger partial charge in [-0.25, -0.2) is 0 Å². The van der Waals surface area contributed by atoms with Gasteiger partial charge in [-0.15, -0.1) is 0 Å². The molecule has 2 unspecified atom stereocenters. The summed E-state index contributed by atoms with van der Waals surface area (Å²) < 4.78 is 5.57. The highest BCUT2D eigenvalue weighted by Gasteiger charge is 2.25. The summed E-state index contributed by atoms with van der Waals surface area (Å²) in [6, 6.07) is 7.82. The van der Waals surface area contributed by atoms with Crippen LogP contribution in [-0.4, -0.2) is 25.1 Å². The maximum absolute atomic E-state index is 11.9. The molecule has 1 heterocycles.